The number of thioether (sulfide) groups is 1. The van der Waals surface area contributed by atoms with Crippen molar-refractivity contribution in [3.05, 3.63) is 58.6 Å². The molecule has 0 saturated carbocycles. The maximum atomic E-state index is 11.8. The zero-order chi connectivity index (χ0) is 18.4. The molecule has 0 atom stereocenters. The highest BCUT2D eigenvalue weighted by molar-refractivity contribution is 8.03. The van der Waals surface area contributed by atoms with Crippen molar-refractivity contribution in [3.63, 3.8) is 0 Å². The molecule has 1 heterocycles. The van der Waals surface area contributed by atoms with Crippen molar-refractivity contribution in [2.45, 2.75) is 26.2 Å². The third kappa shape index (κ3) is 5.03. The van der Waals surface area contributed by atoms with E-state index in [-0.39, 0.29) is 5.41 Å². The lowest BCUT2D eigenvalue weighted by Crippen LogP contribution is -2.21. The molecule has 2 aromatic rings. The Labute approximate surface area is 152 Å². The molecule has 0 radical (unpaired) electrons. The Balaban J connectivity index is 2.32. The van der Waals surface area contributed by atoms with E-state index in [2.05, 4.69) is 55.3 Å². The van der Waals surface area contributed by atoms with Crippen LogP contribution in [-0.4, -0.2) is 23.6 Å². The quantitative estimate of drug-likeness (QED) is 0.651. The molecule has 0 spiro atoms. The van der Waals surface area contributed by atoms with Crippen LogP contribution in [0, 0.1) is 0 Å². The van der Waals surface area contributed by atoms with Crippen LogP contribution in [0.4, 0.5) is 0 Å². The molecule has 25 heavy (non-hydrogen) atoms. The summed E-state index contributed by atoms with van der Waals surface area (Å²) in [5.41, 5.74) is 4.09. The Hall–Kier alpha value is -2.40. The second-order valence-electron chi connectivity index (χ2n) is 6.61. The second kappa shape index (κ2) is 8.12. The van der Waals surface area contributed by atoms with Gasteiger partial charge >= 0.3 is 0 Å². The van der Waals surface area contributed by atoms with E-state index in [1.54, 1.807) is 18.5 Å². The molecule has 1 aromatic heterocycles. The molecule has 130 valence electrons. The van der Waals surface area contributed by atoms with Gasteiger partial charge in [-0.15, -0.1) is 11.8 Å². The first-order chi connectivity index (χ1) is 11.8. The summed E-state index contributed by atoms with van der Waals surface area (Å²) in [4.78, 5) is 27.2. The Morgan fingerprint density at radius 3 is 2.40 bits per heavy atom. The van der Waals surface area contributed by atoms with Crippen LogP contribution in [0.5, 0.6) is 0 Å². The van der Waals surface area contributed by atoms with Gasteiger partial charge in [0.2, 0.25) is 6.41 Å². The Bertz CT molecular complexity index is 790. The van der Waals surface area contributed by atoms with Gasteiger partial charge in [-0.3, -0.25) is 19.9 Å². The van der Waals surface area contributed by atoms with Crippen LogP contribution in [0.25, 0.3) is 17.3 Å². The van der Waals surface area contributed by atoms with E-state index in [4.69, 9.17) is 0 Å². The number of imide groups is 1. The predicted octanol–water partition coefficient (Wildman–Crippen LogP) is 4.02. The van der Waals surface area contributed by atoms with Gasteiger partial charge in [-0.1, -0.05) is 45.0 Å². The van der Waals surface area contributed by atoms with E-state index < -0.39 is 5.91 Å². The third-order valence-electron chi connectivity index (χ3n) is 3.76. The average Bonchev–Trinajstić information content (AvgIpc) is 2.59. The number of pyridine rings is 1. The largest absolute Gasteiger partial charge is 0.294 e. The summed E-state index contributed by atoms with van der Waals surface area (Å²) in [5, 5.41) is 2.16. The first-order valence-corrected chi connectivity index (χ1v) is 9.15. The summed E-state index contributed by atoms with van der Waals surface area (Å²) < 4.78 is 0. The van der Waals surface area contributed by atoms with Gasteiger partial charge in [0.05, 0.1) is 10.6 Å². The summed E-state index contributed by atoms with van der Waals surface area (Å²) in [6, 6.07) is 12.1. The summed E-state index contributed by atoms with van der Waals surface area (Å²) in [5.74, 6) is -0.407. The molecule has 0 aliphatic rings. The minimum absolute atomic E-state index is 0.107. The molecule has 4 nitrogen and oxygen atoms in total. The van der Waals surface area contributed by atoms with Gasteiger partial charge in [-0.25, -0.2) is 0 Å². The number of benzene rings is 1. The van der Waals surface area contributed by atoms with Crippen LogP contribution in [0.1, 0.15) is 31.9 Å². The van der Waals surface area contributed by atoms with Gasteiger partial charge in [0, 0.05) is 11.8 Å². The maximum Gasteiger partial charge on any atom is 0.264 e. The number of nitrogens with one attached hydrogen (secondary N) is 1. The maximum absolute atomic E-state index is 11.8. The van der Waals surface area contributed by atoms with Gasteiger partial charge in [0.25, 0.3) is 5.91 Å². The molecule has 1 aromatic carbocycles. The fraction of sp³-hybridized carbons (Fsp3) is 0.250. The molecule has 0 aliphatic heterocycles. The number of hydrogen-bond donors (Lipinski definition) is 1. The molecule has 0 unspecified atom stereocenters. The average molecular weight is 354 g/mol. The number of hydrogen-bond acceptors (Lipinski definition) is 4. The molecule has 0 fully saturated rings. The van der Waals surface area contributed by atoms with E-state index in [0.29, 0.717) is 11.3 Å². The lowest BCUT2D eigenvalue weighted by molar-refractivity contribution is -0.121. The van der Waals surface area contributed by atoms with Gasteiger partial charge in [0.1, 0.15) is 0 Å². The Morgan fingerprint density at radius 1 is 1.16 bits per heavy atom. The molecule has 5 heteroatoms. The zero-order valence-electron chi connectivity index (χ0n) is 14.9. The number of carbonyl (C=O) groups is 2. The van der Waals surface area contributed by atoms with Crippen molar-refractivity contribution in [2.75, 3.05) is 6.26 Å². The lowest BCUT2D eigenvalue weighted by Gasteiger charge is -2.19. The van der Waals surface area contributed by atoms with E-state index in [1.807, 2.05) is 12.1 Å². The van der Waals surface area contributed by atoms with E-state index in [9.17, 15) is 9.59 Å². The number of rotatable bonds is 5. The molecular weight excluding hydrogens is 332 g/mol. The molecule has 2 amide bonds. The number of amides is 2. The van der Waals surface area contributed by atoms with E-state index in [0.717, 1.165) is 16.8 Å². The van der Waals surface area contributed by atoms with Gasteiger partial charge < -0.3 is 0 Å². The summed E-state index contributed by atoms with van der Waals surface area (Å²) in [7, 11) is 0. The SMILES string of the molecule is CS/C(=C\c1ccnc(-c2ccc(C(C)(C)C)cc2)c1)C(=O)NC=O. The monoisotopic (exact) mass is 354 g/mol. The van der Waals surface area contributed by atoms with Crippen LogP contribution in [0.15, 0.2) is 47.5 Å². The summed E-state index contributed by atoms with van der Waals surface area (Å²) in [6.07, 6.45) is 5.65. The molecule has 2 rings (SSSR count). The van der Waals surface area contributed by atoms with E-state index in [1.165, 1.54) is 17.3 Å². The van der Waals surface area contributed by atoms with Crippen molar-refractivity contribution in [3.8, 4) is 11.3 Å². The van der Waals surface area contributed by atoms with Crippen LogP contribution in [-0.2, 0) is 15.0 Å². The molecule has 0 bridgehead atoms. The van der Waals surface area contributed by atoms with Gasteiger partial charge in [-0.05, 0) is 41.0 Å². The van der Waals surface area contributed by atoms with Crippen molar-refractivity contribution >= 4 is 30.2 Å². The lowest BCUT2D eigenvalue weighted by atomic mass is 9.86. The highest BCUT2D eigenvalue weighted by atomic mass is 32.2. The van der Waals surface area contributed by atoms with E-state index >= 15 is 0 Å². The highest BCUT2D eigenvalue weighted by Gasteiger charge is 2.13. The smallest absolute Gasteiger partial charge is 0.264 e. The zero-order valence-corrected chi connectivity index (χ0v) is 15.7. The van der Waals surface area contributed by atoms with Gasteiger partial charge in [-0.2, -0.15) is 0 Å². The number of carbonyl (C=O) groups excluding carboxylic acids is 2. The normalized spacial score (nSPS) is 11.9. The standard InChI is InChI=1S/C20H22N2O2S/c1-20(2,3)16-7-5-15(6-8-16)17-11-14(9-10-21-17)12-18(25-4)19(24)22-13-23/h5-13H,1-4H3,(H,22,23,24)/b18-12-. The van der Waals surface area contributed by atoms with Gasteiger partial charge in [0.15, 0.2) is 0 Å². The minimum atomic E-state index is -0.407. The first kappa shape index (κ1) is 18.9. The summed E-state index contributed by atoms with van der Waals surface area (Å²) >= 11 is 1.29. The van der Waals surface area contributed by atoms with Crippen molar-refractivity contribution < 1.29 is 9.59 Å². The van der Waals surface area contributed by atoms with Crippen molar-refractivity contribution in [2.24, 2.45) is 0 Å². The minimum Gasteiger partial charge on any atom is -0.294 e. The topological polar surface area (TPSA) is 59.1 Å². The van der Waals surface area contributed by atoms with Crippen LogP contribution < -0.4 is 5.32 Å². The fourth-order valence-corrected chi connectivity index (χ4v) is 2.83. The second-order valence-corrected chi connectivity index (χ2v) is 7.45. The number of aromatic nitrogens is 1. The Kier molecular flexibility index (Phi) is 6.15. The van der Waals surface area contributed by atoms with Crippen molar-refractivity contribution in [1.29, 1.82) is 0 Å². The molecule has 0 aliphatic carbocycles. The molecule has 0 saturated heterocycles. The van der Waals surface area contributed by atoms with Crippen LogP contribution in [0.3, 0.4) is 0 Å². The fourth-order valence-electron chi connectivity index (χ4n) is 2.33. The number of nitrogens with zero attached hydrogens (tertiary/aromatic N) is 1. The Morgan fingerprint density at radius 2 is 1.84 bits per heavy atom. The third-order valence-corrected chi connectivity index (χ3v) is 4.51. The van der Waals surface area contributed by atoms with Crippen LogP contribution >= 0.6 is 11.8 Å². The van der Waals surface area contributed by atoms with Crippen LogP contribution in [0.2, 0.25) is 0 Å². The summed E-state index contributed by atoms with van der Waals surface area (Å²) in [6.45, 7) is 6.54. The molecule has 1 N–H and O–H groups in total. The predicted molar refractivity (Wildman–Crippen MR) is 104 cm³/mol. The highest BCUT2D eigenvalue weighted by Crippen LogP contribution is 2.26. The van der Waals surface area contributed by atoms with Crippen molar-refractivity contribution in [1.82, 2.24) is 10.3 Å². The molecular formula is C20H22N2O2S. The first-order valence-electron chi connectivity index (χ1n) is 7.92.